The molecule has 1 aromatic heterocycles. The van der Waals surface area contributed by atoms with E-state index in [4.69, 9.17) is 15.2 Å². The number of esters is 1. The third-order valence-electron chi connectivity index (χ3n) is 4.00. The molecule has 1 aromatic carbocycles. The molecule has 0 radical (unpaired) electrons. The summed E-state index contributed by atoms with van der Waals surface area (Å²) in [6.07, 6.45) is -0.958. The highest BCUT2D eigenvalue weighted by Gasteiger charge is 2.23. The quantitative estimate of drug-likeness (QED) is 0.564. The fraction of sp³-hybridized carbons (Fsp3) is 0.333. The van der Waals surface area contributed by atoms with Crippen LogP contribution in [0, 0.1) is 6.92 Å². The van der Waals surface area contributed by atoms with Gasteiger partial charge in [0.15, 0.2) is 12.7 Å². The van der Waals surface area contributed by atoms with Crippen molar-refractivity contribution in [2.45, 2.75) is 20.0 Å². The van der Waals surface area contributed by atoms with E-state index in [1.54, 1.807) is 12.1 Å². The summed E-state index contributed by atoms with van der Waals surface area (Å²) in [6, 6.07) is 7.07. The zero-order valence-corrected chi connectivity index (χ0v) is 15.5. The molecular weight excluding hydrogens is 354 g/mol. The lowest BCUT2D eigenvalue weighted by Gasteiger charge is -2.14. The molecule has 2 aromatic rings. The summed E-state index contributed by atoms with van der Waals surface area (Å²) in [6.45, 7) is 2.70. The Kier molecular flexibility index (Phi) is 5.84. The Morgan fingerprint density at radius 3 is 2.30 bits per heavy atom. The second kappa shape index (κ2) is 7.90. The number of ether oxygens (including phenoxy) is 2. The molecule has 27 heavy (non-hydrogen) atoms. The number of carbonyl (C=O) groups is 2. The van der Waals surface area contributed by atoms with Gasteiger partial charge in [-0.15, -0.1) is 0 Å². The molecule has 1 heterocycles. The van der Waals surface area contributed by atoms with E-state index in [9.17, 15) is 19.2 Å². The van der Waals surface area contributed by atoms with Crippen molar-refractivity contribution in [3.05, 3.63) is 56.2 Å². The third-order valence-corrected chi connectivity index (χ3v) is 4.00. The van der Waals surface area contributed by atoms with Crippen LogP contribution in [0.5, 0.6) is 5.75 Å². The van der Waals surface area contributed by atoms with Crippen molar-refractivity contribution in [2.75, 3.05) is 12.3 Å². The Bertz CT molecular complexity index is 988. The number of benzene rings is 1. The first kappa shape index (κ1) is 20.0. The number of Topliss-reactive ketones (excluding diaryl/α,β-unsaturated/α-hetero) is 1. The van der Waals surface area contributed by atoms with Crippen LogP contribution in [0.4, 0.5) is 5.82 Å². The van der Waals surface area contributed by atoms with Crippen molar-refractivity contribution >= 4 is 17.6 Å². The van der Waals surface area contributed by atoms with Crippen molar-refractivity contribution in [1.82, 2.24) is 9.13 Å². The van der Waals surface area contributed by atoms with Gasteiger partial charge in [0, 0.05) is 14.1 Å². The zero-order chi connectivity index (χ0) is 20.3. The fourth-order valence-electron chi connectivity index (χ4n) is 2.32. The molecule has 0 aliphatic rings. The first-order valence-electron chi connectivity index (χ1n) is 8.12. The molecule has 0 aliphatic carbocycles. The predicted molar refractivity (Wildman–Crippen MR) is 97.9 cm³/mol. The number of nitrogens with two attached hydrogens (primary N) is 1. The number of aryl methyl sites for hydroxylation is 1. The highest BCUT2D eigenvalue weighted by Crippen LogP contribution is 2.14. The summed E-state index contributed by atoms with van der Waals surface area (Å²) in [7, 11) is 2.56. The van der Waals surface area contributed by atoms with Crippen molar-refractivity contribution in [3.63, 3.8) is 0 Å². The molecule has 0 saturated heterocycles. The summed E-state index contributed by atoms with van der Waals surface area (Å²) in [5.41, 5.74) is 4.83. The maximum Gasteiger partial charge on any atom is 0.347 e. The summed E-state index contributed by atoms with van der Waals surface area (Å²) >= 11 is 0. The number of nitrogen functional groups attached to an aromatic ring is 1. The topological polar surface area (TPSA) is 123 Å². The van der Waals surface area contributed by atoms with E-state index >= 15 is 0 Å². The minimum Gasteiger partial charge on any atom is -0.479 e. The number of anilines is 1. The van der Waals surface area contributed by atoms with Crippen LogP contribution in [-0.2, 0) is 23.6 Å². The van der Waals surface area contributed by atoms with Crippen LogP contribution in [0.1, 0.15) is 22.8 Å². The number of aromatic nitrogens is 2. The molecular formula is C18H21N3O6. The Morgan fingerprint density at radius 2 is 1.70 bits per heavy atom. The number of hydrogen-bond donors (Lipinski definition) is 1. The predicted octanol–water partition coefficient (Wildman–Crippen LogP) is 0.168. The maximum absolute atomic E-state index is 12.3. The summed E-state index contributed by atoms with van der Waals surface area (Å²) in [5.74, 6) is -1.38. The minimum absolute atomic E-state index is 0.284. The zero-order valence-electron chi connectivity index (χ0n) is 15.5. The van der Waals surface area contributed by atoms with Crippen molar-refractivity contribution in [1.29, 1.82) is 0 Å². The molecule has 0 bridgehead atoms. The molecule has 0 fully saturated rings. The van der Waals surface area contributed by atoms with E-state index in [1.807, 2.05) is 19.1 Å². The average Bonchev–Trinajstić information content (AvgIpc) is 2.64. The fourth-order valence-corrected chi connectivity index (χ4v) is 2.32. The van der Waals surface area contributed by atoms with Gasteiger partial charge in [-0.05, 0) is 26.0 Å². The van der Waals surface area contributed by atoms with E-state index < -0.39 is 41.3 Å². The van der Waals surface area contributed by atoms with Crippen LogP contribution >= 0.6 is 0 Å². The van der Waals surface area contributed by atoms with Crippen LogP contribution in [0.3, 0.4) is 0 Å². The third kappa shape index (κ3) is 4.25. The Balaban J connectivity index is 2.07. The van der Waals surface area contributed by atoms with E-state index in [0.29, 0.717) is 5.75 Å². The molecule has 0 spiro atoms. The molecule has 0 aliphatic heterocycles. The first-order chi connectivity index (χ1) is 12.6. The van der Waals surface area contributed by atoms with Crippen LogP contribution in [0.15, 0.2) is 33.9 Å². The van der Waals surface area contributed by atoms with E-state index in [-0.39, 0.29) is 5.82 Å². The lowest BCUT2D eigenvalue weighted by molar-refractivity contribution is -0.149. The van der Waals surface area contributed by atoms with Crippen LogP contribution in [-0.4, -0.2) is 33.6 Å². The number of rotatable bonds is 6. The van der Waals surface area contributed by atoms with Gasteiger partial charge in [-0.25, -0.2) is 9.59 Å². The van der Waals surface area contributed by atoms with Crippen LogP contribution in [0.2, 0.25) is 0 Å². The molecule has 9 heteroatoms. The Hall–Kier alpha value is -3.36. The SMILES string of the molecule is Cc1ccc(OC(C)C(=O)OCC(=O)c2c(N)n(C)c(=O)n(C)c2=O)cc1. The maximum atomic E-state index is 12.3. The molecule has 2 N–H and O–H groups in total. The van der Waals surface area contributed by atoms with Gasteiger partial charge in [0.25, 0.3) is 5.56 Å². The highest BCUT2D eigenvalue weighted by molar-refractivity contribution is 6.01. The average molecular weight is 375 g/mol. The molecule has 0 amide bonds. The lowest BCUT2D eigenvalue weighted by atomic mass is 10.2. The summed E-state index contributed by atoms with van der Waals surface area (Å²) in [5, 5.41) is 0. The Labute approximate surface area is 154 Å². The second-order valence-electron chi connectivity index (χ2n) is 6.07. The van der Waals surface area contributed by atoms with Crippen LogP contribution < -0.4 is 21.7 Å². The van der Waals surface area contributed by atoms with Gasteiger partial charge in [0.05, 0.1) is 0 Å². The molecule has 144 valence electrons. The summed E-state index contributed by atoms with van der Waals surface area (Å²) < 4.78 is 12.1. The van der Waals surface area contributed by atoms with Crippen LogP contribution in [0.25, 0.3) is 0 Å². The Morgan fingerprint density at radius 1 is 1.11 bits per heavy atom. The van der Waals surface area contributed by atoms with Crippen molar-refractivity contribution < 1.29 is 19.1 Å². The first-order valence-corrected chi connectivity index (χ1v) is 8.12. The van der Waals surface area contributed by atoms with Crippen molar-refractivity contribution in [3.8, 4) is 5.75 Å². The van der Waals surface area contributed by atoms with Gasteiger partial charge in [0.2, 0.25) is 5.78 Å². The smallest absolute Gasteiger partial charge is 0.347 e. The number of hydrogen-bond acceptors (Lipinski definition) is 7. The molecule has 1 atom stereocenters. The number of nitrogens with zero attached hydrogens (tertiary/aromatic N) is 2. The van der Waals surface area contributed by atoms with Crippen molar-refractivity contribution in [2.24, 2.45) is 14.1 Å². The van der Waals surface area contributed by atoms with E-state index in [0.717, 1.165) is 14.7 Å². The normalized spacial score (nSPS) is 11.7. The molecule has 2 rings (SSSR count). The monoisotopic (exact) mass is 375 g/mol. The molecule has 0 saturated carbocycles. The van der Waals surface area contributed by atoms with Gasteiger partial charge in [0.1, 0.15) is 17.1 Å². The van der Waals surface area contributed by atoms with Gasteiger partial charge >= 0.3 is 11.7 Å². The highest BCUT2D eigenvalue weighted by atomic mass is 16.6. The number of ketones is 1. The van der Waals surface area contributed by atoms with E-state index in [1.165, 1.54) is 21.0 Å². The van der Waals surface area contributed by atoms with Gasteiger partial charge in [-0.2, -0.15) is 0 Å². The summed E-state index contributed by atoms with van der Waals surface area (Å²) in [4.78, 5) is 48.2. The number of carbonyl (C=O) groups excluding carboxylic acids is 2. The molecule has 1 unspecified atom stereocenters. The second-order valence-corrected chi connectivity index (χ2v) is 6.07. The van der Waals surface area contributed by atoms with Gasteiger partial charge < -0.3 is 15.2 Å². The van der Waals surface area contributed by atoms with Gasteiger partial charge in [-0.1, -0.05) is 17.7 Å². The van der Waals surface area contributed by atoms with Gasteiger partial charge in [-0.3, -0.25) is 18.7 Å². The van der Waals surface area contributed by atoms with E-state index in [2.05, 4.69) is 0 Å². The minimum atomic E-state index is -0.958. The molecule has 9 nitrogen and oxygen atoms in total. The largest absolute Gasteiger partial charge is 0.479 e. The standard InChI is InChI=1S/C18H21N3O6/c1-10-5-7-12(8-6-10)27-11(2)17(24)26-9-13(22)14-15(19)20(3)18(25)21(4)16(14)23/h5-8,11H,9,19H2,1-4H3. The lowest BCUT2D eigenvalue weighted by Crippen LogP contribution is -2.42.